The van der Waals surface area contributed by atoms with Crippen molar-refractivity contribution in [3.63, 3.8) is 0 Å². The number of nitrogens with one attached hydrogen (secondary N) is 1. The Hall–Kier alpha value is -1.49. The molecule has 0 fully saturated rings. The van der Waals surface area contributed by atoms with Crippen LogP contribution in [-0.4, -0.2) is 24.7 Å². The molecule has 0 saturated heterocycles. The van der Waals surface area contributed by atoms with Gasteiger partial charge in [-0.3, -0.25) is 4.79 Å². The second-order valence-corrected chi connectivity index (χ2v) is 4.48. The SMILES string of the molecule is CCOC(C)(C)CNC(=O)c1cccc(F)c1F. The van der Waals surface area contributed by atoms with E-state index in [1.807, 2.05) is 6.92 Å². The summed E-state index contributed by atoms with van der Waals surface area (Å²) in [6.07, 6.45) is 0. The van der Waals surface area contributed by atoms with Gasteiger partial charge in [-0.2, -0.15) is 0 Å². The van der Waals surface area contributed by atoms with E-state index in [0.29, 0.717) is 6.61 Å². The second-order valence-electron chi connectivity index (χ2n) is 4.48. The van der Waals surface area contributed by atoms with Crippen LogP contribution in [0.25, 0.3) is 0 Å². The fourth-order valence-electron chi connectivity index (χ4n) is 1.51. The number of benzene rings is 1. The molecular formula is C13H17F2NO2. The molecule has 0 heterocycles. The smallest absolute Gasteiger partial charge is 0.254 e. The zero-order chi connectivity index (χ0) is 13.8. The Morgan fingerprint density at radius 2 is 2.06 bits per heavy atom. The van der Waals surface area contributed by atoms with Crippen LogP contribution in [0.15, 0.2) is 18.2 Å². The highest BCUT2D eigenvalue weighted by Gasteiger charge is 2.21. The Morgan fingerprint density at radius 1 is 1.39 bits per heavy atom. The molecule has 1 aromatic carbocycles. The zero-order valence-corrected chi connectivity index (χ0v) is 10.7. The molecule has 0 saturated carbocycles. The summed E-state index contributed by atoms with van der Waals surface area (Å²) in [5.74, 6) is -2.82. The van der Waals surface area contributed by atoms with Crippen molar-refractivity contribution in [2.45, 2.75) is 26.4 Å². The third-order valence-electron chi connectivity index (χ3n) is 2.41. The summed E-state index contributed by atoms with van der Waals surface area (Å²) >= 11 is 0. The van der Waals surface area contributed by atoms with Crippen LogP contribution in [0.1, 0.15) is 31.1 Å². The van der Waals surface area contributed by atoms with Gasteiger partial charge in [0.2, 0.25) is 0 Å². The van der Waals surface area contributed by atoms with Gasteiger partial charge in [-0.05, 0) is 32.9 Å². The molecule has 1 aromatic rings. The number of rotatable bonds is 5. The number of hydrogen-bond donors (Lipinski definition) is 1. The normalized spacial score (nSPS) is 11.4. The monoisotopic (exact) mass is 257 g/mol. The Bertz CT molecular complexity index is 433. The first-order chi connectivity index (χ1) is 8.37. The molecule has 0 aliphatic carbocycles. The highest BCUT2D eigenvalue weighted by molar-refractivity contribution is 5.94. The number of amides is 1. The number of carbonyl (C=O) groups excluding carboxylic acids is 1. The van der Waals surface area contributed by atoms with E-state index in [-0.39, 0.29) is 12.1 Å². The molecule has 3 nitrogen and oxygen atoms in total. The quantitative estimate of drug-likeness (QED) is 0.880. The summed E-state index contributed by atoms with van der Waals surface area (Å²) in [5, 5.41) is 2.52. The fourth-order valence-corrected chi connectivity index (χ4v) is 1.51. The Kier molecular flexibility index (Phi) is 4.78. The van der Waals surface area contributed by atoms with E-state index in [9.17, 15) is 13.6 Å². The molecular weight excluding hydrogens is 240 g/mol. The van der Waals surface area contributed by atoms with Crippen molar-refractivity contribution < 1.29 is 18.3 Å². The second kappa shape index (κ2) is 5.91. The van der Waals surface area contributed by atoms with Gasteiger partial charge in [-0.25, -0.2) is 8.78 Å². The first-order valence-electron chi connectivity index (χ1n) is 5.73. The molecule has 0 unspecified atom stereocenters. The molecule has 1 amide bonds. The van der Waals surface area contributed by atoms with E-state index >= 15 is 0 Å². The maximum Gasteiger partial charge on any atom is 0.254 e. The summed E-state index contributed by atoms with van der Waals surface area (Å²) in [6.45, 7) is 6.18. The lowest BCUT2D eigenvalue weighted by atomic mass is 10.1. The van der Waals surface area contributed by atoms with E-state index in [4.69, 9.17) is 4.74 Å². The lowest BCUT2D eigenvalue weighted by Gasteiger charge is -2.24. The number of carbonyl (C=O) groups is 1. The van der Waals surface area contributed by atoms with Crippen molar-refractivity contribution in [2.75, 3.05) is 13.2 Å². The Labute approximate surface area is 105 Å². The molecule has 18 heavy (non-hydrogen) atoms. The highest BCUT2D eigenvalue weighted by atomic mass is 19.2. The third-order valence-corrected chi connectivity index (χ3v) is 2.41. The van der Waals surface area contributed by atoms with Gasteiger partial charge in [0.1, 0.15) is 0 Å². The summed E-state index contributed by atoms with van der Waals surface area (Å²) in [7, 11) is 0. The average molecular weight is 257 g/mol. The first-order valence-corrected chi connectivity index (χ1v) is 5.73. The molecule has 1 N–H and O–H groups in total. The maximum absolute atomic E-state index is 13.4. The van der Waals surface area contributed by atoms with Gasteiger partial charge in [0.25, 0.3) is 5.91 Å². The van der Waals surface area contributed by atoms with Crippen molar-refractivity contribution in [1.29, 1.82) is 0 Å². The van der Waals surface area contributed by atoms with E-state index in [2.05, 4.69) is 5.32 Å². The zero-order valence-electron chi connectivity index (χ0n) is 10.7. The van der Waals surface area contributed by atoms with E-state index in [0.717, 1.165) is 6.07 Å². The third kappa shape index (κ3) is 3.77. The molecule has 100 valence electrons. The van der Waals surface area contributed by atoms with Gasteiger partial charge in [-0.15, -0.1) is 0 Å². The minimum atomic E-state index is -1.13. The van der Waals surface area contributed by atoms with Gasteiger partial charge < -0.3 is 10.1 Å². The average Bonchev–Trinajstić information content (AvgIpc) is 2.30. The fraction of sp³-hybridized carbons (Fsp3) is 0.462. The lowest BCUT2D eigenvalue weighted by Crippen LogP contribution is -2.40. The van der Waals surface area contributed by atoms with Crippen molar-refractivity contribution in [1.82, 2.24) is 5.32 Å². The molecule has 5 heteroatoms. The molecule has 0 aromatic heterocycles. The Morgan fingerprint density at radius 3 is 2.67 bits per heavy atom. The minimum Gasteiger partial charge on any atom is -0.374 e. The van der Waals surface area contributed by atoms with E-state index in [1.54, 1.807) is 13.8 Å². The molecule has 0 bridgehead atoms. The van der Waals surface area contributed by atoms with Crippen LogP contribution in [0.3, 0.4) is 0 Å². The summed E-state index contributed by atoms with van der Waals surface area (Å²) < 4.78 is 31.7. The van der Waals surface area contributed by atoms with Crippen LogP contribution in [-0.2, 0) is 4.74 Å². The topological polar surface area (TPSA) is 38.3 Å². The van der Waals surface area contributed by atoms with Crippen molar-refractivity contribution in [3.05, 3.63) is 35.4 Å². The number of ether oxygens (including phenoxy) is 1. The van der Waals surface area contributed by atoms with Crippen LogP contribution < -0.4 is 5.32 Å². The van der Waals surface area contributed by atoms with Crippen LogP contribution in [0, 0.1) is 11.6 Å². The standard InChI is InChI=1S/C13H17F2NO2/c1-4-18-13(2,3)8-16-12(17)9-6-5-7-10(14)11(9)15/h5-7H,4,8H2,1-3H3,(H,16,17). The van der Waals surface area contributed by atoms with Crippen LogP contribution in [0.4, 0.5) is 8.78 Å². The molecule has 0 spiro atoms. The molecule has 1 rings (SSSR count). The predicted molar refractivity (Wildman–Crippen MR) is 64.4 cm³/mol. The lowest BCUT2D eigenvalue weighted by molar-refractivity contribution is -0.00818. The minimum absolute atomic E-state index is 0.218. The van der Waals surface area contributed by atoms with Gasteiger partial charge in [0.05, 0.1) is 11.2 Å². The molecule has 0 aliphatic rings. The summed E-state index contributed by atoms with van der Waals surface area (Å²) in [4.78, 5) is 11.7. The van der Waals surface area contributed by atoms with Crippen LogP contribution in [0.2, 0.25) is 0 Å². The van der Waals surface area contributed by atoms with Crippen molar-refractivity contribution >= 4 is 5.91 Å². The molecule has 0 atom stereocenters. The maximum atomic E-state index is 13.4. The number of halogens is 2. The van der Waals surface area contributed by atoms with Crippen molar-refractivity contribution in [2.24, 2.45) is 0 Å². The highest BCUT2D eigenvalue weighted by Crippen LogP contribution is 2.12. The van der Waals surface area contributed by atoms with Crippen LogP contribution >= 0.6 is 0 Å². The van der Waals surface area contributed by atoms with Crippen LogP contribution in [0.5, 0.6) is 0 Å². The predicted octanol–water partition coefficient (Wildman–Crippen LogP) is 2.51. The molecule has 0 aliphatic heterocycles. The largest absolute Gasteiger partial charge is 0.374 e. The van der Waals surface area contributed by atoms with E-state index < -0.39 is 23.1 Å². The van der Waals surface area contributed by atoms with Crippen molar-refractivity contribution in [3.8, 4) is 0 Å². The first kappa shape index (κ1) is 14.6. The summed E-state index contributed by atoms with van der Waals surface area (Å²) in [6, 6.07) is 3.50. The summed E-state index contributed by atoms with van der Waals surface area (Å²) in [5.41, 5.74) is -0.851. The van der Waals surface area contributed by atoms with Gasteiger partial charge in [-0.1, -0.05) is 6.07 Å². The molecule has 0 radical (unpaired) electrons. The van der Waals surface area contributed by atoms with Gasteiger partial charge in [0, 0.05) is 13.2 Å². The van der Waals surface area contributed by atoms with Gasteiger partial charge in [0.15, 0.2) is 11.6 Å². The Balaban J connectivity index is 2.69. The number of hydrogen-bond acceptors (Lipinski definition) is 2. The van der Waals surface area contributed by atoms with E-state index in [1.165, 1.54) is 12.1 Å². The van der Waals surface area contributed by atoms with Gasteiger partial charge >= 0.3 is 0 Å².